The SMILES string of the molecule is C=CCN(CC=C)C(=O)CNc1cccc(OCCc2ccccc2)c1. The van der Waals surface area contributed by atoms with Gasteiger partial charge in [-0.3, -0.25) is 4.79 Å². The second-order valence-electron chi connectivity index (χ2n) is 5.84. The number of anilines is 1. The minimum atomic E-state index is 0.000184. The summed E-state index contributed by atoms with van der Waals surface area (Å²) in [6, 6.07) is 17.9. The van der Waals surface area contributed by atoms with Crippen LogP contribution in [-0.2, 0) is 11.2 Å². The lowest BCUT2D eigenvalue weighted by molar-refractivity contribution is -0.128. The van der Waals surface area contributed by atoms with E-state index >= 15 is 0 Å². The Bertz CT molecular complexity index is 703. The van der Waals surface area contributed by atoms with E-state index in [2.05, 4.69) is 30.6 Å². The zero-order valence-corrected chi connectivity index (χ0v) is 15.1. The number of nitrogens with one attached hydrogen (secondary N) is 1. The van der Waals surface area contributed by atoms with Crippen LogP contribution in [0, 0.1) is 0 Å². The average Bonchev–Trinajstić information content (AvgIpc) is 2.67. The van der Waals surface area contributed by atoms with Crippen LogP contribution in [0.25, 0.3) is 0 Å². The van der Waals surface area contributed by atoms with Crippen molar-refractivity contribution in [1.82, 2.24) is 4.90 Å². The molecule has 2 aromatic carbocycles. The molecule has 1 N–H and O–H groups in total. The standard InChI is InChI=1S/C22H26N2O2/c1-3-14-24(15-4-2)22(25)18-23-20-11-8-12-21(17-20)26-16-13-19-9-6-5-7-10-19/h3-12,17,23H,1-2,13-16,18H2. The topological polar surface area (TPSA) is 41.6 Å². The van der Waals surface area contributed by atoms with Gasteiger partial charge in [0.25, 0.3) is 0 Å². The summed E-state index contributed by atoms with van der Waals surface area (Å²) in [5.41, 5.74) is 2.10. The molecule has 0 heterocycles. The summed E-state index contributed by atoms with van der Waals surface area (Å²) >= 11 is 0. The van der Waals surface area contributed by atoms with Crippen LogP contribution in [0.1, 0.15) is 5.56 Å². The third-order valence-electron chi connectivity index (χ3n) is 3.83. The van der Waals surface area contributed by atoms with E-state index in [0.717, 1.165) is 17.9 Å². The smallest absolute Gasteiger partial charge is 0.242 e. The van der Waals surface area contributed by atoms with E-state index < -0.39 is 0 Å². The van der Waals surface area contributed by atoms with E-state index in [1.165, 1.54) is 5.56 Å². The molecule has 0 aliphatic rings. The van der Waals surface area contributed by atoms with Gasteiger partial charge in [-0.25, -0.2) is 0 Å². The van der Waals surface area contributed by atoms with Gasteiger partial charge in [-0.05, 0) is 17.7 Å². The maximum Gasteiger partial charge on any atom is 0.242 e. The van der Waals surface area contributed by atoms with Crippen molar-refractivity contribution in [2.75, 3.05) is 31.6 Å². The van der Waals surface area contributed by atoms with Gasteiger partial charge in [-0.1, -0.05) is 48.6 Å². The minimum Gasteiger partial charge on any atom is -0.493 e. The molecule has 0 aliphatic carbocycles. The number of nitrogens with zero attached hydrogens (tertiary/aromatic N) is 1. The Kier molecular flexibility index (Phi) is 8.00. The van der Waals surface area contributed by atoms with Gasteiger partial charge >= 0.3 is 0 Å². The second-order valence-corrected chi connectivity index (χ2v) is 5.84. The first-order valence-corrected chi connectivity index (χ1v) is 8.73. The first kappa shape index (κ1) is 19.3. The maximum absolute atomic E-state index is 12.2. The molecule has 2 rings (SSSR count). The van der Waals surface area contributed by atoms with E-state index in [1.54, 1.807) is 17.1 Å². The predicted octanol–water partition coefficient (Wildman–Crippen LogP) is 3.92. The summed E-state index contributed by atoms with van der Waals surface area (Å²) in [4.78, 5) is 13.9. The van der Waals surface area contributed by atoms with Crippen LogP contribution in [-0.4, -0.2) is 37.0 Å². The summed E-state index contributed by atoms with van der Waals surface area (Å²) in [6.07, 6.45) is 4.28. The van der Waals surface area contributed by atoms with Crippen LogP contribution < -0.4 is 10.1 Å². The highest BCUT2D eigenvalue weighted by molar-refractivity contribution is 5.81. The summed E-state index contributed by atoms with van der Waals surface area (Å²) < 4.78 is 5.82. The van der Waals surface area contributed by atoms with E-state index in [9.17, 15) is 4.79 Å². The van der Waals surface area contributed by atoms with Crippen LogP contribution in [0.5, 0.6) is 5.75 Å². The molecule has 0 radical (unpaired) electrons. The number of benzene rings is 2. The van der Waals surface area contributed by atoms with Gasteiger partial charge in [0.15, 0.2) is 0 Å². The summed E-state index contributed by atoms with van der Waals surface area (Å²) in [7, 11) is 0. The van der Waals surface area contributed by atoms with Crippen LogP contribution in [0.15, 0.2) is 79.9 Å². The Hall–Kier alpha value is -3.01. The Morgan fingerprint density at radius 2 is 1.77 bits per heavy atom. The predicted molar refractivity (Wildman–Crippen MR) is 108 cm³/mol. The normalized spacial score (nSPS) is 10.0. The van der Waals surface area contributed by atoms with Crippen molar-refractivity contribution in [2.24, 2.45) is 0 Å². The van der Waals surface area contributed by atoms with E-state index in [-0.39, 0.29) is 12.5 Å². The number of hydrogen-bond acceptors (Lipinski definition) is 3. The monoisotopic (exact) mass is 350 g/mol. The van der Waals surface area contributed by atoms with Crippen LogP contribution in [0.3, 0.4) is 0 Å². The molecule has 1 amide bonds. The molecule has 4 nitrogen and oxygen atoms in total. The van der Waals surface area contributed by atoms with Crippen molar-refractivity contribution in [3.05, 3.63) is 85.5 Å². The molecular formula is C22H26N2O2. The first-order valence-electron chi connectivity index (χ1n) is 8.73. The highest BCUT2D eigenvalue weighted by Gasteiger charge is 2.10. The molecule has 2 aromatic rings. The molecule has 136 valence electrons. The third kappa shape index (κ3) is 6.48. The Morgan fingerprint density at radius 1 is 1.04 bits per heavy atom. The van der Waals surface area contributed by atoms with Crippen molar-refractivity contribution in [2.45, 2.75) is 6.42 Å². The minimum absolute atomic E-state index is 0.000184. The van der Waals surface area contributed by atoms with Gasteiger partial charge in [0, 0.05) is 31.3 Å². The van der Waals surface area contributed by atoms with Gasteiger partial charge in [-0.2, -0.15) is 0 Å². The summed E-state index contributed by atoms with van der Waals surface area (Å²) in [5, 5.41) is 3.15. The molecule has 0 spiro atoms. The summed E-state index contributed by atoms with van der Waals surface area (Å²) in [6.45, 7) is 9.21. The van der Waals surface area contributed by atoms with Crippen LogP contribution in [0.4, 0.5) is 5.69 Å². The second kappa shape index (κ2) is 10.8. The fraction of sp³-hybridized carbons (Fsp3) is 0.227. The Labute approximate surface area is 155 Å². The molecular weight excluding hydrogens is 324 g/mol. The van der Waals surface area contributed by atoms with Crippen molar-refractivity contribution in [3.8, 4) is 5.75 Å². The molecule has 0 bridgehead atoms. The fourth-order valence-corrected chi connectivity index (χ4v) is 2.51. The summed E-state index contributed by atoms with van der Waals surface area (Å²) in [5.74, 6) is 0.785. The molecule has 0 atom stereocenters. The molecule has 0 fully saturated rings. The molecule has 26 heavy (non-hydrogen) atoms. The zero-order valence-electron chi connectivity index (χ0n) is 15.1. The van der Waals surface area contributed by atoms with Crippen molar-refractivity contribution >= 4 is 11.6 Å². The van der Waals surface area contributed by atoms with Crippen molar-refractivity contribution in [1.29, 1.82) is 0 Å². The van der Waals surface area contributed by atoms with Crippen molar-refractivity contribution < 1.29 is 9.53 Å². The molecule has 4 heteroatoms. The molecule has 0 saturated heterocycles. The van der Waals surface area contributed by atoms with Gasteiger partial charge in [0.2, 0.25) is 5.91 Å². The lowest BCUT2D eigenvalue weighted by Gasteiger charge is -2.20. The Morgan fingerprint density at radius 3 is 2.46 bits per heavy atom. The molecule has 0 unspecified atom stereocenters. The molecule has 0 aliphatic heterocycles. The zero-order chi connectivity index (χ0) is 18.6. The number of rotatable bonds is 11. The third-order valence-corrected chi connectivity index (χ3v) is 3.83. The van der Waals surface area contributed by atoms with E-state index in [1.807, 2.05) is 42.5 Å². The van der Waals surface area contributed by atoms with Gasteiger partial charge in [0.05, 0.1) is 13.2 Å². The van der Waals surface area contributed by atoms with Gasteiger partial charge in [0.1, 0.15) is 5.75 Å². The number of carbonyl (C=O) groups excluding carboxylic acids is 1. The van der Waals surface area contributed by atoms with Crippen molar-refractivity contribution in [3.63, 3.8) is 0 Å². The van der Waals surface area contributed by atoms with Crippen LogP contribution in [0.2, 0.25) is 0 Å². The Balaban J connectivity index is 1.83. The van der Waals surface area contributed by atoms with Gasteiger partial charge in [-0.15, -0.1) is 13.2 Å². The lowest BCUT2D eigenvalue weighted by Crippen LogP contribution is -2.35. The van der Waals surface area contributed by atoms with Gasteiger partial charge < -0.3 is 15.0 Å². The number of amides is 1. The fourth-order valence-electron chi connectivity index (χ4n) is 2.51. The molecule has 0 saturated carbocycles. The number of hydrogen-bond donors (Lipinski definition) is 1. The van der Waals surface area contributed by atoms with Crippen LogP contribution >= 0.6 is 0 Å². The van der Waals surface area contributed by atoms with E-state index in [0.29, 0.717) is 19.7 Å². The first-order chi connectivity index (χ1) is 12.7. The highest BCUT2D eigenvalue weighted by atomic mass is 16.5. The average molecular weight is 350 g/mol. The number of ether oxygens (including phenoxy) is 1. The van der Waals surface area contributed by atoms with E-state index in [4.69, 9.17) is 4.74 Å². The molecule has 0 aromatic heterocycles. The highest BCUT2D eigenvalue weighted by Crippen LogP contribution is 2.17. The quantitative estimate of drug-likeness (QED) is 0.625. The lowest BCUT2D eigenvalue weighted by atomic mass is 10.2. The number of carbonyl (C=O) groups is 1. The largest absolute Gasteiger partial charge is 0.493 e. The maximum atomic E-state index is 12.2.